The van der Waals surface area contributed by atoms with Gasteiger partial charge >= 0.3 is 0 Å². The summed E-state index contributed by atoms with van der Waals surface area (Å²) < 4.78 is 16.2. The Morgan fingerprint density at radius 3 is 1.82 bits per heavy atom. The van der Waals surface area contributed by atoms with Gasteiger partial charge in [0.05, 0.1) is 0 Å². The number of nitrogens with zero attached hydrogens (tertiary/aromatic N) is 1. The molecular weight excluding hydrogens is 835 g/mol. The van der Waals surface area contributed by atoms with E-state index in [9.17, 15) is 0 Å². The average Bonchev–Trinajstić information content (AvgIpc) is 4.12. The number of furan rings is 2. The van der Waals surface area contributed by atoms with E-state index >= 15 is 0 Å². The number of hydrogen-bond donors (Lipinski definition) is 0. The topological polar surface area (TPSA) is 29.5 Å². The largest absolute Gasteiger partial charge is 0.456 e. The van der Waals surface area contributed by atoms with Crippen LogP contribution in [0.1, 0.15) is 25.0 Å². The molecule has 0 atom stereocenters. The van der Waals surface area contributed by atoms with Crippen LogP contribution in [-0.4, -0.2) is 0 Å². The van der Waals surface area contributed by atoms with E-state index in [1.807, 2.05) is 17.4 Å². The Kier molecular flexibility index (Phi) is 8.20. The van der Waals surface area contributed by atoms with E-state index in [1.165, 1.54) is 53.6 Å². The summed E-state index contributed by atoms with van der Waals surface area (Å²) in [4.78, 5) is 2.39. The first-order valence-corrected chi connectivity index (χ1v) is 23.8. The Morgan fingerprint density at radius 1 is 0.388 bits per heavy atom. The Morgan fingerprint density at radius 2 is 1.00 bits per heavy atom. The minimum atomic E-state index is -0.118. The Labute approximate surface area is 391 Å². The van der Waals surface area contributed by atoms with Crippen LogP contribution in [0.4, 0.5) is 17.1 Å². The highest BCUT2D eigenvalue weighted by molar-refractivity contribution is 7.26. The molecule has 1 aliphatic carbocycles. The smallest absolute Gasteiger partial charge is 0.144 e. The quantitative estimate of drug-likeness (QED) is 0.167. The van der Waals surface area contributed by atoms with Gasteiger partial charge < -0.3 is 13.7 Å². The predicted molar refractivity (Wildman–Crippen MR) is 282 cm³/mol. The van der Waals surface area contributed by atoms with Crippen LogP contribution in [0.3, 0.4) is 0 Å². The zero-order valence-corrected chi connectivity index (χ0v) is 37.7. The summed E-state index contributed by atoms with van der Waals surface area (Å²) in [5.74, 6) is 0. The van der Waals surface area contributed by atoms with Gasteiger partial charge in [-0.05, 0) is 111 Å². The van der Waals surface area contributed by atoms with Crippen LogP contribution in [0.15, 0.2) is 221 Å². The molecule has 0 saturated carbocycles. The molecular formula is C63H41NO2S. The van der Waals surface area contributed by atoms with Crippen molar-refractivity contribution in [3.05, 3.63) is 223 Å². The molecule has 0 fully saturated rings. The van der Waals surface area contributed by atoms with Crippen LogP contribution in [0.5, 0.6) is 0 Å². The Bertz CT molecular complexity index is 4110. The summed E-state index contributed by atoms with van der Waals surface area (Å²) in [6.07, 6.45) is 0. The van der Waals surface area contributed by atoms with Crippen LogP contribution < -0.4 is 4.90 Å². The van der Waals surface area contributed by atoms with E-state index in [4.69, 9.17) is 8.83 Å². The lowest BCUT2D eigenvalue weighted by atomic mass is 9.82. The van der Waals surface area contributed by atoms with Crippen molar-refractivity contribution in [3.8, 4) is 44.5 Å². The van der Waals surface area contributed by atoms with E-state index in [0.717, 1.165) is 83.2 Å². The average molecular weight is 876 g/mol. The maximum atomic E-state index is 6.99. The lowest BCUT2D eigenvalue weighted by Gasteiger charge is -2.28. The summed E-state index contributed by atoms with van der Waals surface area (Å²) >= 11 is 1.84. The van der Waals surface area contributed by atoms with E-state index in [2.05, 4.69) is 225 Å². The van der Waals surface area contributed by atoms with Crippen molar-refractivity contribution in [2.45, 2.75) is 19.3 Å². The number of anilines is 3. The summed E-state index contributed by atoms with van der Waals surface area (Å²) in [5.41, 5.74) is 18.9. The van der Waals surface area contributed by atoms with Crippen molar-refractivity contribution >= 4 is 92.4 Å². The minimum Gasteiger partial charge on any atom is -0.456 e. The summed E-state index contributed by atoms with van der Waals surface area (Å²) in [5, 5.41) is 6.80. The molecule has 14 rings (SSSR count). The van der Waals surface area contributed by atoms with Gasteiger partial charge in [0, 0.05) is 75.3 Å². The van der Waals surface area contributed by atoms with Crippen LogP contribution in [0, 0.1) is 0 Å². The van der Waals surface area contributed by atoms with Gasteiger partial charge in [-0.2, -0.15) is 0 Å². The zero-order valence-electron chi connectivity index (χ0n) is 36.9. The van der Waals surface area contributed by atoms with Crippen LogP contribution in [-0.2, 0) is 5.41 Å². The summed E-state index contributed by atoms with van der Waals surface area (Å²) in [6.45, 7) is 4.70. The third-order valence-electron chi connectivity index (χ3n) is 14.3. The van der Waals surface area contributed by atoms with Gasteiger partial charge in [-0.1, -0.05) is 159 Å². The van der Waals surface area contributed by atoms with Crippen molar-refractivity contribution in [3.63, 3.8) is 0 Å². The molecule has 0 amide bonds. The zero-order chi connectivity index (χ0) is 44.4. The molecule has 0 N–H and O–H groups in total. The highest BCUT2D eigenvalue weighted by Gasteiger charge is 2.36. The molecule has 0 radical (unpaired) electrons. The minimum absolute atomic E-state index is 0.118. The number of para-hydroxylation sites is 1. The van der Waals surface area contributed by atoms with Crippen molar-refractivity contribution in [2.24, 2.45) is 0 Å². The number of benzene rings is 10. The van der Waals surface area contributed by atoms with Crippen molar-refractivity contribution < 1.29 is 8.83 Å². The van der Waals surface area contributed by atoms with Gasteiger partial charge in [-0.3, -0.25) is 0 Å². The van der Waals surface area contributed by atoms with E-state index < -0.39 is 0 Å². The number of fused-ring (bicyclic) bond motifs is 12. The molecule has 0 bridgehead atoms. The standard InChI is InChI=1S/C63H41NO2S/c1-63(2)53-20-9-6-15-45(53)46-33-32-44(36-54(46)63)64(42-28-23-39(24-29-42)38-13-4-3-5-14-38)43-30-25-40(26-31-43)41-27-34-56-51(35-41)52-37-57-59(49-17-7-10-21-55(49)65-57)60(61(52)66-56)50-19-12-18-48-47-16-8-11-22-58(47)67-62(48)50/h3-37H,1-2H3. The Balaban J connectivity index is 0.903. The second kappa shape index (κ2) is 14.4. The van der Waals surface area contributed by atoms with E-state index in [0.29, 0.717) is 0 Å². The van der Waals surface area contributed by atoms with Crippen molar-refractivity contribution in [1.82, 2.24) is 0 Å². The molecule has 10 aromatic carbocycles. The molecule has 0 aliphatic heterocycles. The molecule has 0 saturated heterocycles. The van der Waals surface area contributed by atoms with Gasteiger partial charge in [-0.25, -0.2) is 0 Å². The molecule has 316 valence electrons. The van der Waals surface area contributed by atoms with Gasteiger partial charge in [0.15, 0.2) is 0 Å². The van der Waals surface area contributed by atoms with Gasteiger partial charge in [0.1, 0.15) is 22.3 Å². The SMILES string of the molecule is CC1(C)c2ccccc2-c2ccc(N(c3ccc(-c4ccccc4)cc3)c3ccc(-c4ccc5oc6c(-c7cccc8c7sc7ccccc78)c7c(cc6c5c4)oc4ccccc47)cc3)cc21. The van der Waals surface area contributed by atoms with Gasteiger partial charge in [0.25, 0.3) is 0 Å². The van der Waals surface area contributed by atoms with Crippen LogP contribution in [0.2, 0.25) is 0 Å². The monoisotopic (exact) mass is 875 g/mol. The first-order chi connectivity index (χ1) is 33.0. The summed E-state index contributed by atoms with van der Waals surface area (Å²) in [7, 11) is 0. The third kappa shape index (κ3) is 5.76. The third-order valence-corrected chi connectivity index (χ3v) is 15.5. The van der Waals surface area contributed by atoms with E-state index in [1.54, 1.807) is 0 Å². The lowest BCUT2D eigenvalue weighted by Crippen LogP contribution is -2.16. The van der Waals surface area contributed by atoms with E-state index in [-0.39, 0.29) is 5.41 Å². The number of hydrogen-bond acceptors (Lipinski definition) is 4. The normalized spacial score (nSPS) is 13.0. The summed E-state index contributed by atoms with van der Waals surface area (Å²) in [6, 6.07) is 76.9. The van der Waals surface area contributed by atoms with Gasteiger partial charge in [-0.15, -0.1) is 11.3 Å². The van der Waals surface area contributed by atoms with Crippen molar-refractivity contribution in [1.29, 1.82) is 0 Å². The molecule has 0 unspecified atom stereocenters. The maximum absolute atomic E-state index is 6.99. The lowest BCUT2D eigenvalue weighted by molar-refractivity contribution is 0.660. The first kappa shape index (κ1) is 38.1. The molecule has 1 aliphatic rings. The molecule has 13 aromatic rings. The van der Waals surface area contributed by atoms with Crippen LogP contribution in [0.25, 0.3) is 109 Å². The Hall–Kier alpha value is -8.18. The first-order valence-electron chi connectivity index (χ1n) is 23.0. The molecule has 0 spiro atoms. The highest BCUT2D eigenvalue weighted by Crippen LogP contribution is 2.52. The van der Waals surface area contributed by atoms with Crippen molar-refractivity contribution in [2.75, 3.05) is 4.90 Å². The molecule has 3 heterocycles. The second-order valence-corrected chi connectivity index (χ2v) is 19.4. The molecule has 3 nitrogen and oxygen atoms in total. The number of thiophene rings is 1. The maximum Gasteiger partial charge on any atom is 0.144 e. The fourth-order valence-corrected chi connectivity index (χ4v) is 12.2. The van der Waals surface area contributed by atoms with Crippen LogP contribution >= 0.6 is 11.3 Å². The fourth-order valence-electron chi connectivity index (χ4n) is 11.0. The fraction of sp³-hybridized carbons (Fsp3) is 0.0476. The molecule has 3 aromatic heterocycles. The molecule has 4 heteroatoms. The molecule has 67 heavy (non-hydrogen) atoms. The second-order valence-electron chi connectivity index (χ2n) is 18.4. The van der Waals surface area contributed by atoms with Gasteiger partial charge in [0.2, 0.25) is 0 Å². The highest BCUT2D eigenvalue weighted by atomic mass is 32.1. The predicted octanol–water partition coefficient (Wildman–Crippen LogP) is 18.6. The number of rotatable bonds is 6.